The molecule has 2 N–H and O–H groups in total. The van der Waals surface area contributed by atoms with Crippen LogP contribution in [0, 0.1) is 0 Å². The summed E-state index contributed by atoms with van der Waals surface area (Å²) in [4.78, 5) is 31.9. The number of nitrogens with zero attached hydrogens (tertiary/aromatic N) is 1. The summed E-state index contributed by atoms with van der Waals surface area (Å²) in [5, 5.41) is 0. The molecule has 0 aliphatic carbocycles. The van der Waals surface area contributed by atoms with Gasteiger partial charge in [-0.2, -0.15) is 0 Å². The van der Waals surface area contributed by atoms with Gasteiger partial charge in [0, 0.05) is 13.0 Å². The van der Waals surface area contributed by atoms with E-state index in [4.69, 9.17) is 0 Å². The number of amides is 1. The lowest BCUT2D eigenvalue weighted by Crippen LogP contribution is -2.56. The molecule has 1 rings (SSSR count). The van der Waals surface area contributed by atoms with Crippen LogP contribution in [-0.2, 0) is 4.79 Å². The Morgan fingerprint density at radius 1 is 1.46 bits per heavy atom. The minimum absolute atomic E-state index is 0.0561. The maximum Gasteiger partial charge on any atom is 0.352 e. The number of likely N-dealkylation sites (tertiary alicyclic amines) is 1. The van der Waals surface area contributed by atoms with Crippen molar-refractivity contribution in [3.63, 3.8) is 0 Å². The molecule has 0 radical (unpaired) electrons. The molecule has 76 valence electrons. The zero-order valence-electron chi connectivity index (χ0n) is 8.16. The fourth-order valence-corrected chi connectivity index (χ4v) is 2.40. The molecule has 4 nitrogen and oxygen atoms in total. The Balaban J connectivity index is 2.64. The topological polar surface area (TPSA) is 60.8 Å². The molecule has 1 amide bonds. The van der Waals surface area contributed by atoms with Crippen molar-refractivity contribution in [1.82, 2.24) is 4.90 Å². The molecule has 0 aromatic carbocycles. The van der Waals surface area contributed by atoms with Gasteiger partial charge in [0.15, 0.2) is 0 Å². The Hall–Kier alpha value is -0.393. The van der Waals surface area contributed by atoms with E-state index in [1.807, 2.05) is 0 Å². The average Bonchev–Trinajstić information content (AvgIpc) is 2.02. The summed E-state index contributed by atoms with van der Waals surface area (Å²) >= 11 is 0. The van der Waals surface area contributed by atoms with Crippen LogP contribution in [-0.4, -0.2) is 41.2 Å². The lowest BCUT2D eigenvalue weighted by atomic mass is 10.1. The van der Waals surface area contributed by atoms with Gasteiger partial charge in [-0.25, -0.2) is 0 Å². The monoisotopic (exact) mass is 203 g/mol. The highest BCUT2D eigenvalue weighted by atomic mass is 28.4. The van der Waals surface area contributed by atoms with Crippen LogP contribution in [0.3, 0.4) is 0 Å². The molecule has 1 heterocycles. The second kappa shape index (κ2) is 3.77. The van der Waals surface area contributed by atoms with Crippen molar-refractivity contribution in [2.24, 2.45) is 0 Å². The van der Waals surface area contributed by atoms with Crippen molar-refractivity contribution in [2.75, 3.05) is 6.54 Å². The highest BCUT2D eigenvalue weighted by molar-refractivity contribution is 6.65. The fraction of sp³-hybridized carbons (Fsp3) is 0.875. The Bertz CT molecular complexity index is 202. The van der Waals surface area contributed by atoms with Crippen LogP contribution in [0.2, 0.25) is 6.55 Å². The maximum atomic E-state index is 11.4. The number of piperidine rings is 1. The van der Waals surface area contributed by atoms with Gasteiger partial charge in [0.1, 0.15) is 0 Å². The van der Waals surface area contributed by atoms with Gasteiger partial charge in [0.25, 0.3) is 0 Å². The number of hydrogen-bond donors (Lipinski definition) is 2. The van der Waals surface area contributed by atoms with Gasteiger partial charge in [-0.1, -0.05) is 0 Å². The summed E-state index contributed by atoms with van der Waals surface area (Å²) in [5.41, 5.74) is -0.389. The number of rotatable bonds is 2. The van der Waals surface area contributed by atoms with Crippen LogP contribution < -0.4 is 0 Å². The normalized spacial score (nSPS) is 21.8. The maximum absolute atomic E-state index is 11.4. The molecule has 0 aromatic rings. The third-order valence-corrected chi connectivity index (χ3v) is 4.51. The zero-order chi connectivity index (χ0) is 10.1. The standard InChI is InChI=1S/C8H17NO3Si/c1-7(13(2,11)12)9-6-4-3-5-8(9)10/h7,11-12H,3-6H2,1-2H3. The van der Waals surface area contributed by atoms with E-state index in [-0.39, 0.29) is 11.6 Å². The second-order valence-electron chi connectivity index (χ2n) is 3.81. The number of hydrogen-bond acceptors (Lipinski definition) is 3. The molecule has 1 aliphatic heterocycles. The van der Waals surface area contributed by atoms with E-state index in [0.29, 0.717) is 13.0 Å². The summed E-state index contributed by atoms with van der Waals surface area (Å²) < 4.78 is 0. The number of carbonyl (C=O) groups is 1. The van der Waals surface area contributed by atoms with Crippen molar-refractivity contribution in [3.8, 4) is 0 Å². The van der Waals surface area contributed by atoms with Gasteiger partial charge in [-0.15, -0.1) is 0 Å². The van der Waals surface area contributed by atoms with Crippen molar-refractivity contribution in [2.45, 2.75) is 38.4 Å². The predicted octanol–water partition coefficient (Wildman–Crippen LogP) is -0.0168. The molecule has 1 saturated heterocycles. The average molecular weight is 203 g/mol. The molecule has 5 heteroatoms. The molecular weight excluding hydrogens is 186 g/mol. The van der Waals surface area contributed by atoms with Gasteiger partial charge in [0.2, 0.25) is 5.91 Å². The Labute approximate surface area is 79.4 Å². The first kappa shape index (κ1) is 10.7. The van der Waals surface area contributed by atoms with Crippen LogP contribution in [0.15, 0.2) is 0 Å². The minimum Gasteiger partial charge on any atom is -0.410 e. The summed E-state index contributed by atoms with van der Waals surface area (Å²) in [7, 11) is -3.18. The SMILES string of the molecule is CC(N1CCCCC1=O)[Si](C)(O)O. The molecule has 1 unspecified atom stereocenters. The third kappa shape index (κ3) is 2.52. The van der Waals surface area contributed by atoms with Crippen LogP contribution in [0.5, 0.6) is 0 Å². The van der Waals surface area contributed by atoms with Crippen LogP contribution in [0.4, 0.5) is 0 Å². The second-order valence-corrected chi connectivity index (χ2v) is 6.84. The summed E-state index contributed by atoms with van der Waals surface area (Å²) in [6, 6.07) is 0. The quantitative estimate of drug-likeness (QED) is 0.620. The summed E-state index contributed by atoms with van der Waals surface area (Å²) in [6.45, 7) is 3.83. The van der Waals surface area contributed by atoms with E-state index in [1.54, 1.807) is 11.8 Å². The Morgan fingerprint density at radius 2 is 2.08 bits per heavy atom. The third-order valence-electron chi connectivity index (χ3n) is 2.62. The predicted molar refractivity (Wildman–Crippen MR) is 51.1 cm³/mol. The lowest BCUT2D eigenvalue weighted by Gasteiger charge is -2.36. The van der Waals surface area contributed by atoms with E-state index in [0.717, 1.165) is 12.8 Å². The summed E-state index contributed by atoms with van der Waals surface area (Å²) in [5.74, 6) is 0.0561. The molecular formula is C8H17NO3Si. The zero-order valence-corrected chi connectivity index (χ0v) is 9.16. The van der Waals surface area contributed by atoms with Crippen LogP contribution in [0.1, 0.15) is 26.2 Å². The van der Waals surface area contributed by atoms with Gasteiger partial charge in [0.05, 0.1) is 5.67 Å². The lowest BCUT2D eigenvalue weighted by molar-refractivity contribution is -0.134. The van der Waals surface area contributed by atoms with Gasteiger partial charge in [-0.05, 0) is 26.3 Å². The van der Waals surface area contributed by atoms with Gasteiger partial charge >= 0.3 is 8.56 Å². The van der Waals surface area contributed by atoms with E-state index < -0.39 is 8.56 Å². The molecule has 0 saturated carbocycles. The molecule has 1 atom stereocenters. The van der Waals surface area contributed by atoms with E-state index in [2.05, 4.69) is 0 Å². The molecule has 0 spiro atoms. The number of carbonyl (C=O) groups excluding carboxylic acids is 1. The first-order chi connectivity index (χ1) is 5.93. The van der Waals surface area contributed by atoms with Crippen LogP contribution >= 0.6 is 0 Å². The van der Waals surface area contributed by atoms with Crippen molar-refractivity contribution in [3.05, 3.63) is 0 Å². The Morgan fingerprint density at radius 3 is 2.54 bits per heavy atom. The largest absolute Gasteiger partial charge is 0.410 e. The van der Waals surface area contributed by atoms with E-state index >= 15 is 0 Å². The fourth-order valence-electron chi connectivity index (χ4n) is 1.53. The van der Waals surface area contributed by atoms with Crippen molar-refractivity contribution < 1.29 is 14.4 Å². The van der Waals surface area contributed by atoms with Gasteiger partial charge in [-0.3, -0.25) is 4.79 Å². The highest BCUT2D eigenvalue weighted by Gasteiger charge is 2.37. The molecule has 1 fully saturated rings. The first-order valence-corrected chi connectivity index (χ1v) is 7.14. The van der Waals surface area contributed by atoms with Crippen LogP contribution in [0.25, 0.3) is 0 Å². The van der Waals surface area contributed by atoms with Gasteiger partial charge < -0.3 is 14.5 Å². The van der Waals surface area contributed by atoms with Crippen molar-refractivity contribution >= 4 is 14.5 Å². The first-order valence-electron chi connectivity index (χ1n) is 4.67. The minimum atomic E-state index is -3.18. The Kier molecular flexibility index (Phi) is 3.10. The molecule has 0 bridgehead atoms. The smallest absolute Gasteiger partial charge is 0.352 e. The molecule has 0 aromatic heterocycles. The van der Waals surface area contributed by atoms with E-state index in [1.165, 1.54) is 6.55 Å². The van der Waals surface area contributed by atoms with Crippen molar-refractivity contribution in [1.29, 1.82) is 0 Å². The molecule has 13 heavy (non-hydrogen) atoms. The highest BCUT2D eigenvalue weighted by Crippen LogP contribution is 2.17. The molecule has 1 aliphatic rings. The summed E-state index contributed by atoms with van der Waals surface area (Å²) in [6.07, 6.45) is 2.45. The van der Waals surface area contributed by atoms with E-state index in [9.17, 15) is 14.4 Å².